The lowest BCUT2D eigenvalue weighted by molar-refractivity contribution is 0.474. The molecule has 0 heterocycles. The van der Waals surface area contributed by atoms with Crippen molar-refractivity contribution in [3.05, 3.63) is 41.5 Å². The summed E-state index contributed by atoms with van der Waals surface area (Å²) in [7, 11) is 0. The van der Waals surface area contributed by atoms with E-state index in [4.69, 9.17) is 0 Å². The number of phenolic OH excluding ortho intramolecular Hbond substituents is 1. The smallest absolute Gasteiger partial charge is 0.124 e. The Morgan fingerprint density at radius 3 is 2.88 bits per heavy atom. The van der Waals surface area contributed by atoms with E-state index in [1.54, 1.807) is 17.9 Å². The van der Waals surface area contributed by atoms with Gasteiger partial charge in [-0.3, -0.25) is 4.99 Å². The zero-order valence-corrected chi connectivity index (χ0v) is 10.1. The number of allylic oxidation sites excluding steroid dienone is 1. The fourth-order valence-corrected chi connectivity index (χ4v) is 2.10. The van der Waals surface area contributed by atoms with Crippen LogP contribution in [0.5, 0.6) is 5.75 Å². The predicted molar refractivity (Wildman–Crippen MR) is 71.7 cm³/mol. The fourth-order valence-electron chi connectivity index (χ4n) is 2.10. The molecule has 2 rings (SSSR count). The molecule has 0 aromatic heterocycles. The van der Waals surface area contributed by atoms with Crippen LogP contribution in [-0.4, -0.2) is 17.9 Å². The minimum atomic E-state index is 0.299. The summed E-state index contributed by atoms with van der Waals surface area (Å²) in [5, 5.41) is 9.56. The third-order valence-corrected chi connectivity index (χ3v) is 3.11. The highest BCUT2D eigenvalue weighted by Crippen LogP contribution is 2.20. The number of phenols is 1. The third-order valence-electron chi connectivity index (χ3n) is 3.11. The average Bonchev–Trinajstić information content (AvgIpc) is 2.38. The minimum Gasteiger partial charge on any atom is -0.507 e. The number of benzene rings is 1. The molecule has 0 unspecified atom stereocenters. The van der Waals surface area contributed by atoms with Gasteiger partial charge in [0.2, 0.25) is 0 Å². The predicted octanol–water partition coefficient (Wildman–Crippen LogP) is 3.70. The quantitative estimate of drug-likeness (QED) is 0.619. The summed E-state index contributed by atoms with van der Waals surface area (Å²) in [6, 6.07) is 7.29. The van der Waals surface area contributed by atoms with E-state index in [0.29, 0.717) is 5.75 Å². The molecule has 0 bridgehead atoms. The monoisotopic (exact) mass is 229 g/mol. The molecule has 0 saturated heterocycles. The summed E-state index contributed by atoms with van der Waals surface area (Å²) < 4.78 is 0. The first-order valence-electron chi connectivity index (χ1n) is 6.32. The van der Waals surface area contributed by atoms with Crippen molar-refractivity contribution >= 4 is 6.21 Å². The van der Waals surface area contributed by atoms with Crippen molar-refractivity contribution < 1.29 is 5.11 Å². The molecule has 0 amide bonds. The maximum atomic E-state index is 9.56. The summed E-state index contributed by atoms with van der Waals surface area (Å²) in [6.45, 7) is 0.820. The maximum absolute atomic E-state index is 9.56. The number of nitrogens with zero attached hydrogens (tertiary/aromatic N) is 1. The number of hydrogen-bond donors (Lipinski definition) is 1. The standard InChI is InChI=1S/C15H19NO/c17-15-9-5-4-8-14(15)12-16-11-10-13-6-2-1-3-7-13/h4-6,8-9,12,17H,1-3,7,10-11H2. The molecule has 1 N–H and O–H groups in total. The van der Waals surface area contributed by atoms with Crippen LogP contribution in [0.1, 0.15) is 37.7 Å². The van der Waals surface area contributed by atoms with E-state index in [-0.39, 0.29) is 0 Å². The Hall–Kier alpha value is -1.57. The topological polar surface area (TPSA) is 32.6 Å². The number of rotatable bonds is 4. The molecule has 90 valence electrons. The largest absolute Gasteiger partial charge is 0.507 e. The van der Waals surface area contributed by atoms with Gasteiger partial charge in [0.25, 0.3) is 0 Å². The van der Waals surface area contributed by atoms with E-state index < -0.39 is 0 Å². The molecule has 17 heavy (non-hydrogen) atoms. The number of aromatic hydroxyl groups is 1. The number of para-hydroxylation sites is 1. The Balaban J connectivity index is 1.82. The first-order valence-corrected chi connectivity index (χ1v) is 6.32. The van der Waals surface area contributed by atoms with Gasteiger partial charge >= 0.3 is 0 Å². The lowest BCUT2D eigenvalue weighted by atomic mass is 9.97. The van der Waals surface area contributed by atoms with Crippen LogP contribution in [0.4, 0.5) is 0 Å². The van der Waals surface area contributed by atoms with Gasteiger partial charge in [-0.25, -0.2) is 0 Å². The molecular weight excluding hydrogens is 210 g/mol. The van der Waals surface area contributed by atoms with E-state index in [9.17, 15) is 5.11 Å². The summed E-state index contributed by atoms with van der Waals surface area (Å²) in [6.07, 6.45) is 10.3. The second-order valence-corrected chi connectivity index (χ2v) is 4.45. The van der Waals surface area contributed by atoms with Gasteiger partial charge in [0, 0.05) is 18.3 Å². The van der Waals surface area contributed by atoms with E-state index in [1.165, 1.54) is 25.7 Å². The van der Waals surface area contributed by atoms with E-state index in [0.717, 1.165) is 18.5 Å². The summed E-state index contributed by atoms with van der Waals surface area (Å²) in [5.74, 6) is 0.299. The van der Waals surface area contributed by atoms with E-state index in [1.807, 2.05) is 18.2 Å². The van der Waals surface area contributed by atoms with Crippen LogP contribution >= 0.6 is 0 Å². The summed E-state index contributed by atoms with van der Waals surface area (Å²) >= 11 is 0. The molecule has 1 aliphatic rings. The van der Waals surface area contributed by atoms with Crippen LogP contribution in [0.15, 0.2) is 40.9 Å². The van der Waals surface area contributed by atoms with Gasteiger partial charge in [-0.1, -0.05) is 23.8 Å². The van der Waals surface area contributed by atoms with Crippen molar-refractivity contribution in [1.82, 2.24) is 0 Å². The highest BCUT2D eigenvalue weighted by molar-refractivity contribution is 5.83. The van der Waals surface area contributed by atoms with Crippen molar-refractivity contribution in [1.29, 1.82) is 0 Å². The molecular formula is C15H19NO. The number of hydrogen-bond acceptors (Lipinski definition) is 2. The van der Waals surface area contributed by atoms with Crippen LogP contribution < -0.4 is 0 Å². The van der Waals surface area contributed by atoms with Gasteiger partial charge < -0.3 is 5.11 Å². The Kier molecular flexibility index (Phi) is 4.37. The zero-order chi connectivity index (χ0) is 11.9. The molecule has 1 aromatic rings. The van der Waals surface area contributed by atoms with Crippen LogP contribution in [0.2, 0.25) is 0 Å². The third kappa shape index (κ3) is 3.74. The highest BCUT2D eigenvalue weighted by atomic mass is 16.3. The van der Waals surface area contributed by atoms with E-state index in [2.05, 4.69) is 11.1 Å². The second-order valence-electron chi connectivity index (χ2n) is 4.45. The van der Waals surface area contributed by atoms with Crippen molar-refractivity contribution in [2.45, 2.75) is 32.1 Å². The molecule has 1 aromatic carbocycles. The van der Waals surface area contributed by atoms with Crippen molar-refractivity contribution in [2.24, 2.45) is 4.99 Å². The molecule has 2 nitrogen and oxygen atoms in total. The molecule has 0 radical (unpaired) electrons. The van der Waals surface area contributed by atoms with Gasteiger partial charge in [0.15, 0.2) is 0 Å². The normalized spacial score (nSPS) is 16.1. The van der Waals surface area contributed by atoms with Crippen molar-refractivity contribution in [3.8, 4) is 5.75 Å². The van der Waals surface area contributed by atoms with Gasteiger partial charge in [-0.15, -0.1) is 0 Å². The minimum absolute atomic E-state index is 0.299. The van der Waals surface area contributed by atoms with Crippen LogP contribution in [0, 0.1) is 0 Å². The lowest BCUT2D eigenvalue weighted by Crippen LogP contribution is -1.94. The maximum Gasteiger partial charge on any atom is 0.124 e. The van der Waals surface area contributed by atoms with Crippen LogP contribution in [0.3, 0.4) is 0 Å². The Bertz CT molecular complexity index is 421. The van der Waals surface area contributed by atoms with Gasteiger partial charge in [-0.05, 0) is 44.2 Å². The van der Waals surface area contributed by atoms with Crippen LogP contribution in [0.25, 0.3) is 0 Å². The SMILES string of the molecule is Oc1ccccc1C=NCCC1=CCCCC1. The molecule has 1 aliphatic carbocycles. The summed E-state index contributed by atoms with van der Waals surface area (Å²) in [5.41, 5.74) is 2.34. The van der Waals surface area contributed by atoms with Gasteiger partial charge in [0.05, 0.1) is 0 Å². The molecule has 0 spiro atoms. The molecule has 0 fully saturated rings. The van der Waals surface area contributed by atoms with Gasteiger partial charge in [-0.2, -0.15) is 0 Å². The Morgan fingerprint density at radius 1 is 1.24 bits per heavy atom. The molecule has 0 saturated carbocycles. The number of aliphatic imine (C=N–C) groups is 1. The zero-order valence-electron chi connectivity index (χ0n) is 10.1. The molecule has 0 atom stereocenters. The fraction of sp³-hybridized carbons (Fsp3) is 0.400. The summed E-state index contributed by atoms with van der Waals surface area (Å²) in [4.78, 5) is 4.37. The van der Waals surface area contributed by atoms with Gasteiger partial charge in [0.1, 0.15) is 5.75 Å². The lowest BCUT2D eigenvalue weighted by Gasteiger charge is -2.10. The Morgan fingerprint density at radius 2 is 2.12 bits per heavy atom. The van der Waals surface area contributed by atoms with Crippen molar-refractivity contribution in [2.75, 3.05) is 6.54 Å². The second kappa shape index (κ2) is 6.24. The first kappa shape index (κ1) is 11.9. The van der Waals surface area contributed by atoms with Crippen LogP contribution in [-0.2, 0) is 0 Å². The average molecular weight is 229 g/mol. The van der Waals surface area contributed by atoms with E-state index >= 15 is 0 Å². The first-order chi connectivity index (χ1) is 8.36. The van der Waals surface area contributed by atoms with Crippen molar-refractivity contribution in [3.63, 3.8) is 0 Å². The Labute approximate surface area is 103 Å². The molecule has 0 aliphatic heterocycles. The molecule has 2 heteroatoms. The highest BCUT2D eigenvalue weighted by Gasteiger charge is 2.02.